The van der Waals surface area contributed by atoms with Crippen molar-refractivity contribution in [2.45, 2.75) is 45.1 Å². The van der Waals surface area contributed by atoms with Crippen LogP contribution in [0.15, 0.2) is 18.2 Å². The van der Waals surface area contributed by atoms with E-state index in [2.05, 4.69) is 29.4 Å². The second kappa shape index (κ2) is 9.07. The van der Waals surface area contributed by atoms with Crippen LogP contribution < -0.4 is 15.5 Å². The zero-order valence-corrected chi connectivity index (χ0v) is 16.9. The number of nitrogens with zero attached hydrogens (tertiary/aromatic N) is 2. The summed E-state index contributed by atoms with van der Waals surface area (Å²) in [6, 6.07) is 3.86. The van der Waals surface area contributed by atoms with Crippen molar-refractivity contribution in [1.82, 2.24) is 15.5 Å². The number of benzene rings is 1. The van der Waals surface area contributed by atoms with Crippen molar-refractivity contribution in [3.05, 3.63) is 29.8 Å². The molecule has 2 heterocycles. The van der Waals surface area contributed by atoms with E-state index in [0.717, 1.165) is 38.7 Å². The van der Waals surface area contributed by atoms with Crippen LogP contribution in [0.5, 0.6) is 0 Å². The first kappa shape index (κ1) is 20.8. The first-order chi connectivity index (χ1) is 13.3. The molecule has 0 radical (unpaired) electrons. The fourth-order valence-electron chi connectivity index (χ4n) is 4.12. The second-order valence-corrected chi connectivity index (χ2v) is 8.62. The summed E-state index contributed by atoms with van der Waals surface area (Å²) in [6.07, 6.45) is 4.67. The van der Waals surface area contributed by atoms with Gasteiger partial charge in [-0.3, -0.25) is 4.90 Å². The molecule has 3 rings (SSSR count). The molecule has 0 aromatic heterocycles. The molecule has 28 heavy (non-hydrogen) atoms. The molecular weight excluding hydrogens is 362 g/mol. The molecule has 2 fully saturated rings. The van der Waals surface area contributed by atoms with Gasteiger partial charge in [-0.1, -0.05) is 6.42 Å². The number of carbonyl (C=O) groups is 1. The van der Waals surface area contributed by atoms with Crippen molar-refractivity contribution in [3.63, 3.8) is 0 Å². The molecule has 2 saturated heterocycles. The Morgan fingerprint density at radius 2 is 1.86 bits per heavy atom. The highest BCUT2D eigenvalue weighted by molar-refractivity contribution is 5.73. The largest absolute Gasteiger partial charge is 0.371 e. The lowest BCUT2D eigenvalue weighted by molar-refractivity contribution is 0.0960. The summed E-state index contributed by atoms with van der Waals surface area (Å²) in [4.78, 5) is 16.7. The summed E-state index contributed by atoms with van der Waals surface area (Å²) in [5.41, 5.74) is 0.642. The molecule has 7 heteroatoms. The lowest BCUT2D eigenvalue weighted by Crippen LogP contribution is -2.54. The molecule has 2 N–H and O–H groups in total. The number of hydrogen-bond acceptors (Lipinski definition) is 3. The number of piperidine rings is 1. The highest BCUT2D eigenvalue weighted by atomic mass is 19.2. The van der Waals surface area contributed by atoms with Crippen LogP contribution in [-0.4, -0.2) is 55.7 Å². The van der Waals surface area contributed by atoms with E-state index in [1.807, 2.05) is 4.90 Å². The molecule has 2 aliphatic rings. The Kier molecular flexibility index (Phi) is 6.75. The Balaban J connectivity index is 1.39. The number of likely N-dealkylation sites (tertiary alicyclic amines) is 1. The average Bonchev–Trinajstić information content (AvgIpc) is 3.17. The molecular formula is C21H32F2N4O. The Labute approximate surface area is 166 Å². The van der Waals surface area contributed by atoms with E-state index < -0.39 is 11.6 Å². The van der Waals surface area contributed by atoms with Crippen LogP contribution in [0, 0.1) is 17.6 Å². The Hall–Kier alpha value is -1.89. The van der Waals surface area contributed by atoms with Crippen LogP contribution in [0.2, 0.25) is 0 Å². The van der Waals surface area contributed by atoms with Crippen LogP contribution in [-0.2, 0) is 0 Å². The third kappa shape index (κ3) is 5.34. The first-order valence-corrected chi connectivity index (χ1v) is 10.3. The predicted molar refractivity (Wildman–Crippen MR) is 108 cm³/mol. The topological polar surface area (TPSA) is 47.6 Å². The van der Waals surface area contributed by atoms with Crippen molar-refractivity contribution < 1.29 is 13.6 Å². The molecule has 1 aromatic rings. The normalized spacial score (nSPS) is 21.0. The minimum Gasteiger partial charge on any atom is -0.371 e. The molecule has 2 aliphatic heterocycles. The van der Waals surface area contributed by atoms with Crippen molar-refractivity contribution in [1.29, 1.82) is 0 Å². The van der Waals surface area contributed by atoms with Crippen LogP contribution in [0.3, 0.4) is 0 Å². The van der Waals surface area contributed by atoms with Gasteiger partial charge in [0.1, 0.15) is 0 Å². The van der Waals surface area contributed by atoms with Gasteiger partial charge in [-0.15, -0.1) is 0 Å². The molecule has 1 aromatic carbocycles. The van der Waals surface area contributed by atoms with E-state index in [0.29, 0.717) is 24.7 Å². The highest BCUT2D eigenvalue weighted by Gasteiger charge is 2.28. The lowest BCUT2D eigenvalue weighted by Gasteiger charge is -2.41. The highest BCUT2D eigenvalue weighted by Crippen LogP contribution is 2.25. The molecule has 2 amide bonds. The van der Waals surface area contributed by atoms with E-state index >= 15 is 0 Å². The van der Waals surface area contributed by atoms with Gasteiger partial charge in [-0.2, -0.15) is 0 Å². The number of halogens is 2. The summed E-state index contributed by atoms with van der Waals surface area (Å²) in [7, 11) is 0. The van der Waals surface area contributed by atoms with Gasteiger partial charge in [-0.25, -0.2) is 13.6 Å². The molecule has 0 saturated carbocycles. The van der Waals surface area contributed by atoms with Gasteiger partial charge in [-0.05, 0) is 64.3 Å². The van der Waals surface area contributed by atoms with Crippen molar-refractivity contribution >= 4 is 11.7 Å². The Morgan fingerprint density at radius 3 is 2.57 bits per heavy atom. The van der Waals surface area contributed by atoms with Crippen molar-refractivity contribution in [3.8, 4) is 0 Å². The van der Waals surface area contributed by atoms with Crippen LogP contribution in [0.1, 0.15) is 39.5 Å². The fourth-order valence-corrected chi connectivity index (χ4v) is 4.12. The van der Waals surface area contributed by atoms with Gasteiger partial charge in [0.15, 0.2) is 11.6 Å². The molecule has 0 spiro atoms. The van der Waals surface area contributed by atoms with Crippen LogP contribution >= 0.6 is 0 Å². The number of anilines is 1. The molecule has 0 bridgehead atoms. The van der Waals surface area contributed by atoms with Gasteiger partial charge >= 0.3 is 6.03 Å². The standard InChI is InChI=1S/C21H32F2N4O/c1-21(2,27-9-4-3-5-10-27)15-25-20(28)24-13-16-8-11-26(14-16)17-6-7-18(22)19(23)12-17/h6-7,12,16H,3-5,8-11,13-15H2,1-2H3,(H2,24,25,28). The quantitative estimate of drug-likeness (QED) is 0.778. The fraction of sp³-hybridized carbons (Fsp3) is 0.667. The minimum absolute atomic E-state index is 0.0470. The zero-order valence-electron chi connectivity index (χ0n) is 16.9. The lowest BCUT2D eigenvalue weighted by atomic mass is 9.98. The maximum atomic E-state index is 13.4. The molecule has 0 aliphatic carbocycles. The summed E-state index contributed by atoms with van der Waals surface area (Å²) in [5.74, 6) is -1.35. The SMILES string of the molecule is CC(C)(CNC(=O)NCC1CCN(c2ccc(F)c(F)c2)C1)N1CCCCC1. The summed E-state index contributed by atoms with van der Waals surface area (Å²) >= 11 is 0. The number of rotatable bonds is 6. The number of urea groups is 1. The van der Waals surface area contributed by atoms with E-state index in [1.54, 1.807) is 6.07 Å². The first-order valence-electron chi connectivity index (χ1n) is 10.3. The maximum Gasteiger partial charge on any atom is 0.314 e. The maximum absolute atomic E-state index is 13.4. The van der Waals surface area contributed by atoms with E-state index in [4.69, 9.17) is 0 Å². The predicted octanol–water partition coefficient (Wildman–Crippen LogP) is 3.35. The van der Waals surface area contributed by atoms with Crippen LogP contribution in [0.25, 0.3) is 0 Å². The van der Waals surface area contributed by atoms with Crippen molar-refractivity contribution in [2.75, 3.05) is 44.2 Å². The van der Waals surface area contributed by atoms with E-state index in [-0.39, 0.29) is 11.6 Å². The zero-order chi connectivity index (χ0) is 20.1. The van der Waals surface area contributed by atoms with Gasteiger partial charge in [0.2, 0.25) is 0 Å². The minimum atomic E-state index is -0.828. The third-order valence-corrected chi connectivity index (χ3v) is 6.00. The third-order valence-electron chi connectivity index (χ3n) is 6.00. The summed E-state index contributed by atoms with van der Waals surface area (Å²) < 4.78 is 26.5. The van der Waals surface area contributed by atoms with E-state index in [9.17, 15) is 13.6 Å². The number of carbonyl (C=O) groups excluding carboxylic acids is 1. The van der Waals surface area contributed by atoms with Gasteiger partial charge in [0.05, 0.1) is 0 Å². The summed E-state index contributed by atoms with van der Waals surface area (Å²) in [5, 5.41) is 5.97. The number of nitrogens with one attached hydrogen (secondary N) is 2. The average molecular weight is 395 g/mol. The summed E-state index contributed by atoms with van der Waals surface area (Å²) in [6.45, 7) is 9.24. The molecule has 1 atom stereocenters. The van der Waals surface area contributed by atoms with Gasteiger partial charge < -0.3 is 15.5 Å². The van der Waals surface area contributed by atoms with Crippen LogP contribution in [0.4, 0.5) is 19.3 Å². The second-order valence-electron chi connectivity index (χ2n) is 8.62. The van der Waals surface area contributed by atoms with E-state index in [1.165, 1.54) is 25.3 Å². The Morgan fingerprint density at radius 1 is 1.11 bits per heavy atom. The Bertz CT molecular complexity index is 676. The van der Waals surface area contributed by atoms with Crippen molar-refractivity contribution in [2.24, 2.45) is 5.92 Å². The van der Waals surface area contributed by atoms with Gasteiger partial charge in [0, 0.05) is 43.5 Å². The monoisotopic (exact) mass is 394 g/mol. The molecule has 156 valence electrons. The number of amides is 2. The van der Waals surface area contributed by atoms with Gasteiger partial charge in [0.25, 0.3) is 0 Å². The number of hydrogen-bond donors (Lipinski definition) is 2. The molecule has 5 nitrogen and oxygen atoms in total. The molecule has 1 unspecified atom stereocenters. The smallest absolute Gasteiger partial charge is 0.314 e.